The van der Waals surface area contributed by atoms with E-state index in [0.29, 0.717) is 10.7 Å². The lowest BCUT2D eigenvalue weighted by Gasteiger charge is -2.04. The molecule has 5 nitrogen and oxygen atoms in total. The van der Waals surface area contributed by atoms with Gasteiger partial charge in [0.25, 0.3) is 5.91 Å². The Morgan fingerprint density at radius 2 is 2.00 bits per heavy atom. The van der Waals surface area contributed by atoms with E-state index < -0.39 is 5.91 Å². The fourth-order valence-electron chi connectivity index (χ4n) is 2.02. The molecule has 0 aliphatic heterocycles. The van der Waals surface area contributed by atoms with Crippen LogP contribution >= 0.6 is 11.6 Å². The van der Waals surface area contributed by atoms with Crippen LogP contribution in [-0.4, -0.2) is 15.7 Å². The maximum atomic E-state index is 12.2. The lowest BCUT2D eigenvalue weighted by molar-refractivity contribution is -0.112. The second kappa shape index (κ2) is 6.46. The number of nitriles is 1. The quantitative estimate of drug-likeness (QED) is 0.698. The molecule has 2 rings (SSSR count). The highest BCUT2D eigenvalue weighted by Gasteiger charge is 2.13. The Balaban J connectivity index is 2.27. The van der Waals surface area contributed by atoms with Crippen LogP contribution in [0.5, 0.6) is 0 Å². The van der Waals surface area contributed by atoms with Gasteiger partial charge in [0.15, 0.2) is 0 Å². The molecule has 0 radical (unpaired) electrons. The number of anilines is 1. The molecule has 0 aliphatic rings. The average Bonchev–Trinajstić information content (AvgIpc) is 2.72. The van der Waals surface area contributed by atoms with E-state index in [1.54, 1.807) is 35.0 Å². The van der Waals surface area contributed by atoms with Crippen LogP contribution in [0.4, 0.5) is 5.69 Å². The summed E-state index contributed by atoms with van der Waals surface area (Å²) in [6.07, 6.45) is 1.56. The first kappa shape index (κ1) is 15.8. The van der Waals surface area contributed by atoms with Crippen LogP contribution in [0.3, 0.4) is 0 Å². The normalized spacial score (nSPS) is 11.1. The lowest BCUT2D eigenvalue weighted by atomic mass is 10.1. The number of amides is 1. The first-order valence-corrected chi connectivity index (χ1v) is 6.99. The number of hydrogen-bond donors (Lipinski definition) is 1. The van der Waals surface area contributed by atoms with E-state index in [2.05, 4.69) is 10.4 Å². The molecular weight excluding hydrogens is 300 g/mol. The molecule has 0 saturated carbocycles. The summed E-state index contributed by atoms with van der Waals surface area (Å²) in [5.74, 6) is -0.465. The van der Waals surface area contributed by atoms with Crippen LogP contribution in [0.15, 0.2) is 29.8 Å². The predicted octanol–water partition coefficient (Wildman–Crippen LogP) is 3.24. The smallest absolute Gasteiger partial charge is 0.266 e. The Kier molecular flexibility index (Phi) is 4.64. The van der Waals surface area contributed by atoms with E-state index in [9.17, 15) is 10.1 Å². The monoisotopic (exact) mass is 314 g/mol. The highest BCUT2D eigenvalue weighted by atomic mass is 35.5. The van der Waals surface area contributed by atoms with Crippen LogP contribution < -0.4 is 5.32 Å². The number of nitrogens with zero attached hydrogens (tertiary/aromatic N) is 3. The van der Waals surface area contributed by atoms with Crippen LogP contribution in [0.2, 0.25) is 5.02 Å². The average molecular weight is 315 g/mol. The fraction of sp³-hybridized carbons (Fsp3) is 0.188. The van der Waals surface area contributed by atoms with Crippen molar-refractivity contribution >= 4 is 29.3 Å². The standard InChI is InChI=1S/C16H15ClN4O/c1-10-15(11(2)21(3)20-10)8-12(9-18)16(22)19-14-6-4-13(17)5-7-14/h4-8H,1-3H3,(H,19,22)/b12-8+. The van der Waals surface area contributed by atoms with E-state index in [-0.39, 0.29) is 5.57 Å². The summed E-state index contributed by atoms with van der Waals surface area (Å²) in [7, 11) is 1.82. The molecule has 6 heteroatoms. The molecule has 22 heavy (non-hydrogen) atoms. The first-order chi connectivity index (χ1) is 10.4. The molecule has 0 unspecified atom stereocenters. The van der Waals surface area contributed by atoms with E-state index in [1.807, 2.05) is 27.0 Å². The van der Waals surface area contributed by atoms with Crippen molar-refractivity contribution in [2.45, 2.75) is 13.8 Å². The summed E-state index contributed by atoms with van der Waals surface area (Å²) < 4.78 is 1.72. The zero-order chi connectivity index (χ0) is 16.3. The van der Waals surface area contributed by atoms with Crippen molar-refractivity contribution < 1.29 is 4.79 Å². The summed E-state index contributed by atoms with van der Waals surface area (Å²) in [6, 6.07) is 8.62. The lowest BCUT2D eigenvalue weighted by Crippen LogP contribution is -2.13. The molecule has 0 aliphatic carbocycles. The number of nitrogens with one attached hydrogen (secondary N) is 1. The largest absolute Gasteiger partial charge is 0.321 e. The highest BCUT2D eigenvalue weighted by Crippen LogP contribution is 2.18. The van der Waals surface area contributed by atoms with Crippen molar-refractivity contribution in [2.24, 2.45) is 7.05 Å². The van der Waals surface area contributed by atoms with Gasteiger partial charge in [-0.15, -0.1) is 0 Å². The molecule has 0 atom stereocenters. The summed E-state index contributed by atoms with van der Waals surface area (Å²) in [6.45, 7) is 3.73. The molecular formula is C16H15ClN4O. The Bertz CT molecular complexity index is 782. The van der Waals surface area contributed by atoms with Gasteiger partial charge < -0.3 is 5.32 Å². The van der Waals surface area contributed by atoms with Gasteiger partial charge in [0, 0.05) is 29.0 Å². The minimum absolute atomic E-state index is 0.0224. The third-order valence-corrected chi connectivity index (χ3v) is 3.57. The number of benzene rings is 1. The topological polar surface area (TPSA) is 70.7 Å². The van der Waals surface area contributed by atoms with Gasteiger partial charge in [-0.1, -0.05) is 11.6 Å². The van der Waals surface area contributed by atoms with Crippen LogP contribution in [-0.2, 0) is 11.8 Å². The Morgan fingerprint density at radius 1 is 1.36 bits per heavy atom. The number of rotatable bonds is 3. The number of hydrogen-bond acceptors (Lipinski definition) is 3. The maximum Gasteiger partial charge on any atom is 0.266 e. The number of carbonyl (C=O) groups is 1. The molecule has 1 amide bonds. The molecule has 0 bridgehead atoms. The van der Waals surface area contributed by atoms with Crippen molar-refractivity contribution in [1.29, 1.82) is 5.26 Å². The molecule has 112 valence electrons. The SMILES string of the molecule is Cc1nn(C)c(C)c1/C=C(\C#N)C(=O)Nc1ccc(Cl)cc1. The minimum atomic E-state index is -0.465. The zero-order valence-electron chi connectivity index (χ0n) is 12.5. The maximum absolute atomic E-state index is 12.2. The third-order valence-electron chi connectivity index (χ3n) is 3.32. The zero-order valence-corrected chi connectivity index (χ0v) is 13.3. The summed E-state index contributed by atoms with van der Waals surface area (Å²) in [5, 5.41) is 16.8. The van der Waals surface area contributed by atoms with Crippen LogP contribution in [0.1, 0.15) is 17.0 Å². The van der Waals surface area contributed by atoms with Crippen molar-refractivity contribution in [3.8, 4) is 6.07 Å². The highest BCUT2D eigenvalue weighted by molar-refractivity contribution is 6.30. The van der Waals surface area contributed by atoms with Gasteiger partial charge in [-0.05, 0) is 44.2 Å². The summed E-state index contributed by atoms with van der Waals surface area (Å²) in [4.78, 5) is 12.2. The molecule has 1 aromatic heterocycles. The van der Waals surface area contributed by atoms with Crippen molar-refractivity contribution in [2.75, 3.05) is 5.32 Å². The van der Waals surface area contributed by atoms with Crippen molar-refractivity contribution in [1.82, 2.24) is 9.78 Å². The van der Waals surface area contributed by atoms with Gasteiger partial charge >= 0.3 is 0 Å². The van der Waals surface area contributed by atoms with Gasteiger partial charge in [-0.2, -0.15) is 10.4 Å². The molecule has 0 fully saturated rings. The van der Waals surface area contributed by atoms with Gasteiger partial charge in [-0.3, -0.25) is 9.48 Å². The molecule has 1 heterocycles. The van der Waals surface area contributed by atoms with E-state index in [4.69, 9.17) is 11.6 Å². The van der Waals surface area contributed by atoms with Crippen LogP contribution in [0, 0.1) is 25.2 Å². The molecule has 2 aromatic rings. The van der Waals surface area contributed by atoms with E-state index >= 15 is 0 Å². The molecule has 1 N–H and O–H groups in total. The Hall–Kier alpha value is -2.58. The second-order valence-electron chi connectivity index (χ2n) is 4.84. The predicted molar refractivity (Wildman–Crippen MR) is 86.4 cm³/mol. The number of aromatic nitrogens is 2. The van der Waals surface area contributed by atoms with Crippen molar-refractivity contribution in [3.05, 3.63) is 51.8 Å². The first-order valence-electron chi connectivity index (χ1n) is 6.61. The molecule has 1 aromatic carbocycles. The van der Waals surface area contributed by atoms with Gasteiger partial charge in [-0.25, -0.2) is 0 Å². The molecule has 0 spiro atoms. The summed E-state index contributed by atoms with van der Waals surface area (Å²) >= 11 is 5.80. The van der Waals surface area contributed by atoms with Crippen molar-refractivity contribution in [3.63, 3.8) is 0 Å². The van der Waals surface area contributed by atoms with Gasteiger partial charge in [0.05, 0.1) is 5.69 Å². The minimum Gasteiger partial charge on any atom is -0.321 e. The Morgan fingerprint density at radius 3 is 2.50 bits per heavy atom. The van der Waals surface area contributed by atoms with Gasteiger partial charge in [0.1, 0.15) is 11.6 Å². The third kappa shape index (κ3) is 3.35. The number of carbonyl (C=O) groups excluding carboxylic acids is 1. The second-order valence-corrected chi connectivity index (χ2v) is 5.28. The van der Waals surface area contributed by atoms with E-state index in [0.717, 1.165) is 17.0 Å². The van der Waals surface area contributed by atoms with Crippen LogP contribution in [0.25, 0.3) is 6.08 Å². The van der Waals surface area contributed by atoms with Gasteiger partial charge in [0.2, 0.25) is 0 Å². The Labute approximate surface area is 133 Å². The summed E-state index contributed by atoms with van der Waals surface area (Å²) in [5.41, 5.74) is 3.05. The fourth-order valence-corrected chi connectivity index (χ4v) is 2.15. The van der Waals surface area contributed by atoms with E-state index in [1.165, 1.54) is 0 Å². The number of halogens is 1. The number of aryl methyl sites for hydroxylation is 2. The molecule has 0 saturated heterocycles.